The number of carbonyl (C=O) groups excluding carboxylic acids is 1. The molecule has 2 aromatic carbocycles. The van der Waals surface area contributed by atoms with Crippen molar-refractivity contribution >= 4 is 17.9 Å². The molecule has 0 saturated carbocycles. The van der Waals surface area contributed by atoms with Crippen molar-refractivity contribution in [2.75, 3.05) is 0 Å². The lowest BCUT2D eigenvalue weighted by molar-refractivity contribution is -0.129. The number of rotatable bonds is 2. The van der Waals surface area contributed by atoms with Crippen molar-refractivity contribution in [3.63, 3.8) is 0 Å². The standard InChI is InChI=1S/C17H10N2O2/c18-11-13-8-6-12(7-9-13)10-15-17(20)21-16(19-15)14-4-2-1-3-5-14/h1-10H. The van der Waals surface area contributed by atoms with Gasteiger partial charge >= 0.3 is 5.97 Å². The molecule has 0 spiro atoms. The monoisotopic (exact) mass is 274 g/mol. The van der Waals surface area contributed by atoms with Crippen molar-refractivity contribution in [1.29, 1.82) is 5.26 Å². The van der Waals surface area contributed by atoms with Gasteiger partial charge in [0.2, 0.25) is 5.90 Å². The third-order valence-electron chi connectivity index (χ3n) is 2.98. The van der Waals surface area contributed by atoms with Crippen LogP contribution in [0.5, 0.6) is 0 Å². The topological polar surface area (TPSA) is 62.4 Å². The van der Waals surface area contributed by atoms with Gasteiger partial charge in [-0.05, 0) is 35.9 Å². The highest BCUT2D eigenvalue weighted by molar-refractivity contribution is 6.12. The van der Waals surface area contributed by atoms with Gasteiger partial charge in [0.1, 0.15) is 0 Å². The van der Waals surface area contributed by atoms with Gasteiger partial charge in [-0.2, -0.15) is 5.26 Å². The number of benzene rings is 2. The van der Waals surface area contributed by atoms with E-state index >= 15 is 0 Å². The summed E-state index contributed by atoms with van der Waals surface area (Å²) < 4.78 is 5.17. The third kappa shape index (κ3) is 2.72. The van der Waals surface area contributed by atoms with Gasteiger partial charge in [0, 0.05) is 5.56 Å². The maximum absolute atomic E-state index is 11.8. The maximum atomic E-state index is 11.8. The lowest BCUT2D eigenvalue weighted by Gasteiger charge is -1.97. The Hall–Kier alpha value is -3.19. The number of nitriles is 1. The van der Waals surface area contributed by atoms with Gasteiger partial charge in [-0.25, -0.2) is 9.79 Å². The van der Waals surface area contributed by atoms with Crippen molar-refractivity contribution in [3.05, 3.63) is 77.0 Å². The summed E-state index contributed by atoms with van der Waals surface area (Å²) in [5, 5.41) is 8.75. The van der Waals surface area contributed by atoms with E-state index in [1.165, 1.54) is 0 Å². The average molecular weight is 274 g/mol. The first-order valence-corrected chi connectivity index (χ1v) is 6.34. The second-order valence-corrected chi connectivity index (χ2v) is 4.44. The normalized spacial score (nSPS) is 15.5. The van der Waals surface area contributed by atoms with Gasteiger partial charge in [-0.15, -0.1) is 0 Å². The molecule has 21 heavy (non-hydrogen) atoms. The van der Waals surface area contributed by atoms with Gasteiger partial charge < -0.3 is 4.74 Å². The Morgan fingerprint density at radius 3 is 2.43 bits per heavy atom. The van der Waals surface area contributed by atoms with E-state index in [2.05, 4.69) is 4.99 Å². The molecule has 0 aromatic heterocycles. The predicted octanol–water partition coefficient (Wildman–Crippen LogP) is 2.90. The minimum atomic E-state index is -0.474. The number of cyclic esters (lactones) is 1. The number of hydrogen-bond donors (Lipinski definition) is 0. The SMILES string of the molecule is N#Cc1ccc(C=C2N=C(c3ccccc3)OC2=O)cc1. The Kier molecular flexibility index (Phi) is 3.32. The van der Waals surface area contributed by atoms with Gasteiger partial charge in [-0.3, -0.25) is 0 Å². The lowest BCUT2D eigenvalue weighted by atomic mass is 10.1. The van der Waals surface area contributed by atoms with Crippen LogP contribution in [0.25, 0.3) is 6.08 Å². The predicted molar refractivity (Wildman–Crippen MR) is 78.2 cm³/mol. The zero-order valence-corrected chi connectivity index (χ0v) is 11.0. The summed E-state index contributed by atoms with van der Waals surface area (Å²) in [6.45, 7) is 0. The first-order chi connectivity index (χ1) is 10.3. The summed E-state index contributed by atoms with van der Waals surface area (Å²) in [4.78, 5) is 16.0. The molecule has 1 aliphatic rings. The van der Waals surface area contributed by atoms with E-state index in [1.54, 1.807) is 30.3 Å². The third-order valence-corrected chi connectivity index (χ3v) is 2.98. The molecule has 4 heteroatoms. The van der Waals surface area contributed by atoms with E-state index in [0.29, 0.717) is 11.5 Å². The van der Waals surface area contributed by atoms with Crippen molar-refractivity contribution in [3.8, 4) is 6.07 Å². The second-order valence-electron chi connectivity index (χ2n) is 4.44. The van der Waals surface area contributed by atoms with Crippen molar-refractivity contribution in [1.82, 2.24) is 0 Å². The fraction of sp³-hybridized carbons (Fsp3) is 0. The molecule has 0 amide bonds. The van der Waals surface area contributed by atoms with Crippen LogP contribution >= 0.6 is 0 Å². The zero-order chi connectivity index (χ0) is 14.7. The largest absolute Gasteiger partial charge is 0.402 e. The molecule has 100 valence electrons. The summed E-state index contributed by atoms with van der Waals surface area (Å²) in [6.07, 6.45) is 1.64. The molecule has 2 aromatic rings. The number of ether oxygens (including phenoxy) is 1. The molecule has 0 bridgehead atoms. The van der Waals surface area contributed by atoms with Crippen LogP contribution in [0.4, 0.5) is 0 Å². The van der Waals surface area contributed by atoms with Crippen LogP contribution in [0.1, 0.15) is 16.7 Å². The minimum Gasteiger partial charge on any atom is -0.402 e. The molecular formula is C17H10N2O2. The molecule has 0 atom stereocenters. The molecule has 3 rings (SSSR count). The number of carbonyl (C=O) groups is 1. The molecule has 0 fully saturated rings. The van der Waals surface area contributed by atoms with E-state index in [0.717, 1.165) is 11.1 Å². The van der Waals surface area contributed by atoms with E-state index in [9.17, 15) is 4.79 Å². The molecule has 0 unspecified atom stereocenters. The maximum Gasteiger partial charge on any atom is 0.363 e. The highest BCUT2D eigenvalue weighted by Gasteiger charge is 2.23. The molecular weight excluding hydrogens is 264 g/mol. The number of nitrogens with zero attached hydrogens (tertiary/aromatic N) is 2. The van der Waals surface area contributed by atoms with Crippen LogP contribution in [0.3, 0.4) is 0 Å². The summed E-state index contributed by atoms with van der Waals surface area (Å²) in [6, 6.07) is 18.2. The smallest absolute Gasteiger partial charge is 0.363 e. The Balaban J connectivity index is 1.91. The van der Waals surface area contributed by atoms with Crippen LogP contribution in [0.15, 0.2) is 65.3 Å². The Bertz CT molecular complexity index is 782. The average Bonchev–Trinajstić information content (AvgIpc) is 2.90. The summed E-state index contributed by atoms with van der Waals surface area (Å²) in [5.74, 6) is -0.168. The Labute approximate surface area is 121 Å². The van der Waals surface area contributed by atoms with Gasteiger partial charge in [0.25, 0.3) is 0 Å². The second kappa shape index (κ2) is 5.43. The lowest BCUT2D eigenvalue weighted by Crippen LogP contribution is -2.04. The van der Waals surface area contributed by atoms with E-state index in [1.807, 2.05) is 36.4 Å². The zero-order valence-electron chi connectivity index (χ0n) is 11.0. The van der Waals surface area contributed by atoms with Crippen LogP contribution < -0.4 is 0 Å². The number of esters is 1. The van der Waals surface area contributed by atoms with E-state index in [4.69, 9.17) is 10.00 Å². The summed E-state index contributed by atoms with van der Waals surface area (Å²) in [7, 11) is 0. The van der Waals surface area contributed by atoms with Crippen LogP contribution in [-0.2, 0) is 9.53 Å². The van der Waals surface area contributed by atoms with E-state index in [-0.39, 0.29) is 5.70 Å². The highest BCUT2D eigenvalue weighted by atomic mass is 16.6. The molecule has 0 saturated heterocycles. The van der Waals surface area contributed by atoms with Crippen LogP contribution in [-0.4, -0.2) is 11.9 Å². The van der Waals surface area contributed by atoms with Crippen LogP contribution in [0, 0.1) is 11.3 Å². The van der Waals surface area contributed by atoms with Gasteiger partial charge in [0.15, 0.2) is 5.70 Å². The molecule has 0 aliphatic carbocycles. The fourth-order valence-electron chi connectivity index (χ4n) is 1.93. The summed E-state index contributed by atoms with van der Waals surface area (Å²) in [5.41, 5.74) is 2.37. The van der Waals surface area contributed by atoms with Gasteiger partial charge in [0.05, 0.1) is 11.6 Å². The van der Waals surface area contributed by atoms with Crippen LogP contribution in [0.2, 0.25) is 0 Å². The molecule has 1 aliphatic heterocycles. The van der Waals surface area contributed by atoms with Gasteiger partial charge in [-0.1, -0.05) is 30.3 Å². The number of aliphatic imine (C=N–C) groups is 1. The molecule has 0 radical (unpaired) electrons. The van der Waals surface area contributed by atoms with E-state index < -0.39 is 5.97 Å². The quantitative estimate of drug-likeness (QED) is 0.625. The van der Waals surface area contributed by atoms with Crippen molar-refractivity contribution < 1.29 is 9.53 Å². The first-order valence-electron chi connectivity index (χ1n) is 6.34. The first kappa shape index (κ1) is 12.8. The molecule has 0 N–H and O–H groups in total. The number of hydrogen-bond acceptors (Lipinski definition) is 4. The van der Waals surface area contributed by atoms with Crippen molar-refractivity contribution in [2.24, 2.45) is 4.99 Å². The Morgan fingerprint density at radius 2 is 1.76 bits per heavy atom. The van der Waals surface area contributed by atoms with Crippen molar-refractivity contribution in [2.45, 2.75) is 0 Å². The minimum absolute atomic E-state index is 0.249. The highest BCUT2D eigenvalue weighted by Crippen LogP contribution is 2.19. The Morgan fingerprint density at radius 1 is 1.05 bits per heavy atom. The fourth-order valence-corrected chi connectivity index (χ4v) is 1.93. The summed E-state index contributed by atoms with van der Waals surface area (Å²) >= 11 is 0. The molecule has 4 nitrogen and oxygen atoms in total. The molecule has 1 heterocycles.